The molecule has 3 N–H and O–H groups in total. The quantitative estimate of drug-likeness (QED) is 0.181. The third-order valence-electron chi connectivity index (χ3n) is 7.94. The molecule has 1 aliphatic rings. The lowest BCUT2D eigenvalue weighted by Gasteiger charge is -2.41. The van der Waals surface area contributed by atoms with Crippen LogP contribution in [0.15, 0.2) is 59.0 Å². The van der Waals surface area contributed by atoms with Crippen LogP contribution in [-0.2, 0) is 0 Å². The number of fused-ring (bicyclic) bond motifs is 2. The molecule has 9 nitrogen and oxygen atoms in total. The van der Waals surface area contributed by atoms with E-state index in [1.807, 2.05) is 6.07 Å². The van der Waals surface area contributed by atoms with Crippen LogP contribution < -0.4 is 9.62 Å². The van der Waals surface area contributed by atoms with Crippen molar-refractivity contribution in [1.29, 1.82) is 0 Å². The molecule has 2 amide bonds. The first-order valence-corrected chi connectivity index (χ1v) is 16.6. The summed E-state index contributed by atoms with van der Waals surface area (Å²) in [7, 11) is -0.136. The van der Waals surface area contributed by atoms with Gasteiger partial charge in [-0.1, -0.05) is 0 Å². The maximum atomic E-state index is 13.8. The van der Waals surface area contributed by atoms with Gasteiger partial charge in [-0.3, -0.25) is 23.0 Å². The number of carbonyl (C=O) groups excluding carboxylic acids is 2. The van der Waals surface area contributed by atoms with Gasteiger partial charge in [-0.15, -0.1) is 22.1 Å². The number of nitrogens with zero attached hydrogens (tertiary/aromatic N) is 3. The highest BCUT2D eigenvalue weighted by Gasteiger charge is 2.32. The largest absolute Gasteiger partial charge is 0.455 e. The second-order valence-corrected chi connectivity index (χ2v) is 14.0. The number of anilines is 1. The van der Waals surface area contributed by atoms with Crippen LogP contribution in [0, 0.1) is 11.6 Å². The number of halogens is 2. The first-order chi connectivity index (χ1) is 20.9. The average Bonchev–Trinajstić information content (AvgIpc) is 3.60. The maximum absolute atomic E-state index is 13.8. The van der Waals surface area contributed by atoms with Crippen LogP contribution in [-0.4, -0.2) is 64.2 Å². The smallest absolute Gasteiger partial charge is 0.282 e. The van der Waals surface area contributed by atoms with Crippen LogP contribution in [0.5, 0.6) is 0 Å². The Morgan fingerprint density at radius 1 is 1.11 bits per heavy atom. The lowest BCUT2D eigenvalue weighted by molar-refractivity contribution is 0.0707. The summed E-state index contributed by atoms with van der Waals surface area (Å²) in [5.41, 5.74) is 2.85. The van der Waals surface area contributed by atoms with E-state index >= 15 is 0 Å². The second kappa shape index (κ2) is 11.5. The Morgan fingerprint density at radius 3 is 2.55 bits per heavy atom. The number of benzene rings is 3. The Labute approximate surface area is 257 Å². The molecule has 13 heteroatoms. The molecule has 1 unspecified atom stereocenters. The molecule has 5 aromatic rings. The van der Waals surface area contributed by atoms with E-state index in [0.717, 1.165) is 11.3 Å². The highest BCUT2D eigenvalue weighted by atomic mass is 32.3. The van der Waals surface area contributed by atoms with Crippen LogP contribution in [0.3, 0.4) is 0 Å². The summed E-state index contributed by atoms with van der Waals surface area (Å²) in [6.07, 6.45) is 2.69. The number of thiazole rings is 1. The van der Waals surface area contributed by atoms with Gasteiger partial charge in [-0.2, -0.15) is 0 Å². The predicted molar refractivity (Wildman–Crippen MR) is 170 cm³/mol. The minimum absolute atomic E-state index is 0.232. The summed E-state index contributed by atoms with van der Waals surface area (Å²) in [4.78, 5) is 32.9. The van der Waals surface area contributed by atoms with Gasteiger partial charge in [-0.05, 0) is 66.9 Å². The summed E-state index contributed by atoms with van der Waals surface area (Å²) in [6.45, 7) is 0.816. The van der Waals surface area contributed by atoms with Crippen molar-refractivity contribution in [2.24, 2.45) is 0 Å². The number of furan rings is 1. The summed E-state index contributed by atoms with van der Waals surface area (Å²) < 4.78 is 56.9. The van der Waals surface area contributed by atoms with Gasteiger partial charge in [0.2, 0.25) is 0 Å². The molecule has 44 heavy (non-hydrogen) atoms. The normalized spacial score (nSPS) is 16.0. The van der Waals surface area contributed by atoms with Crippen LogP contribution in [0.4, 0.5) is 14.5 Å². The lowest BCUT2D eigenvalue weighted by Crippen LogP contribution is -2.39. The summed E-state index contributed by atoms with van der Waals surface area (Å²) in [5.74, 6) is -1.47. The number of nitrogens with one attached hydrogen (secondary N) is 1. The Kier molecular flexibility index (Phi) is 7.82. The van der Waals surface area contributed by atoms with Gasteiger partial charge in [-0.25, -0.2) is 13.8 Å². The van der Waals surface area contributed by atoms with Crippen molar-refractivity contribution in [3.63, 3.8) is 0 Å². The minimum Gasteiger partial charge on any atom is -0.455 e. The van der Waals surface area contributed by atoms with Gasteiger partial charge in [0.25, 0.3) is 11.8 Å². The Hall–Kier alpha value is -4.04. The molecule has 0 aliphatic carbocycles. The van der Waals surface area contributed by atoms with E-state index in [0.29, 0.717) is 63.9 Å². The number of amides is 2. The van der Waals surface area contributed by atoms with Crippen molar-refractivity contribution < 1.29 is 31.9 Å². The lowest BCUT2D eigenvalue weighted by atomic mass is 9.88. The fraction of sp³-hybridized carbons (Fsp3) is 0.258. The minimum atomic E-state index is -3.21. The molecule has 3 heterocycles. The molecular formula is C31H30F2N4O5S2. The van der Waals surface area contributed by atoms with Gasteiger partial charge < -0.3 is 14.6 Å². The van der Waals surface area contributed by atoms with Gasteiger partial charge in [0, 0.05) is 56.4 Å². The topological polar surface area (TPSA) is 119 Å². The molecule has 1 fully saturated rings. The van der Waals surface area contributed by atoms with E-state index in [2.05, 4.69) is 10.3 Å². The van der Waals surface area contributed by atoms with Gasteiger partial charge in [0.15, 0.2) is 5.01 Å². The zero-order valence-corrected chi connectivity index (χ0v) is 25.8. The van der Waals surface area contributed by atoms with E-state index in [9.17, 15) is 27.5 Å². The first kappa shape index (κ1) is 30.0. The third-order valence-corrected chi connectivity index (χ3v) is 10.2. The number of hydrogen-bond donors (Lipinski definition) is 3. The highest BCUT2D eigenvalue weighted by Crippen LogP contribution is 2.48. The molecule has 1 saturated heterocycles. The van der Waals surface area contributed by atoms with E-state index < -0.39 is 28.3 Å². The number of carbonyl (C=O) groups is 2. The summed E-state index contributed by atoms with van der Waals surface area (Å²) >= 11 is 1.14. The molecule has 6 rings (SSSR count). The second-order valence-electron chi connectivity index (χ2n) is 10.8. The number of likely N-dealkylation sites (tertiary alicyclic amines) is 1. The molecular weight excluding hydrogens is 610 g/mol. The molecule has 0 saturated carbocycles. The van der Waals surface area contributed by atoms with Crippen LogP contribution in [0.2, 0.25) is 0 Å². The van der Waals surface area contributed by atoms with Gasteiger partial charge >= 0.3 is 0 Å². The molecule has 2 aromatic heterocycles. The Morgan fingerprint density at radius 2 is 1.84 bits per heavy atom. The van der Waals surface area contributed by atoms with E-state index in [1.165, 1.54) is 54.0 Å². The Bertz CT molecular complexity index is 1900. The molecule has 0 bridgehead atoms. The fourth-order valence-electron chi connectivity index (χ4n) is 5.63. The number of hydrogen-bond acceptors (Lipinski definition) is 8. The molecule has 0 spiro atoms. The number of piperidine rings is 1. The van der Waals surface area contributed by atoms with E-state index in [-0.39, 0.29) is 28.2 Å². The predicted octanol–water partition coefficient (Wildman–Crippen LogP) is 7.10. The highest BCUT2D eigenvalue weighted by molar-refractivity contribution is 8.24. The standard InChI is InChI=1S/C31H30F2N4O5S2/c1-34-29(38)27-22-14-21(18-5-4-12-37(16-18)31(39)30-35-23-11-10-20(33)13-26(23)43-30)24(36(2)44(3,40)41)15-25(22)42-28(27)17-6-8-19(32)9-7-17/h6-11,13-15,18,40-41H,4-5,12,16H2,1-3H3,(H,34,38). The first-order valence-electron chi connectivity index (χ1n) is 13.9. The molecule has 1 aliphatic heterocycles. The number of rotatable bonds is 6. The summed E-state index contributed by atoms with van der Waals surface area (Å²) in [6, 6.07) is 13.3. The SMILES string of the molecule is CNC(=O)c1c(-c2ccc(F)cc2)oc2cc(N(C)S(C)(O)O)c(C3CCCN(C(=O)c4nc5ccc(F)cc5s4)C3)cc12. The molecule has 1 atom stereocenters. The van der Waals surface area contributed by atoms with Crippen LogP contribution in [0.1, 0.15) is 44.5 Å². The van der Waals surface area contributed by atoms with Crippen LogP contribution >= 0.6 is 22.1 Å². The number of aromatic nitrogens is 1. The van der Waals surface area contributed by atoms with Gasteiger partial charge in [0.1, 0.15) is 23.0 Å². The zero-order chi connectivity index (χ0) is 31.3. The molecule has 230 valence electrons. The van der Waals surface area contributed by atoms with Crippen molar-refractivity contribution in [3.05, 3.63) is 82.4 Å². The average molecular weight is 641 g/mol. The van der Waals surface area contributed by atoms with E-state index in [1.54, 1.807) is 24.1 Å². The van der Waals surface area contributed by atoms with Crippen molar-refractivity contribution >= 4 is 60.8 Å². The van der Waals surface area contributed by atoms with Crippen molar-refractivity contribution in [2.45, 2.75) is 18.8 Å². The van der Waals surface area contributed by atoms with Crippen molar-refractivity contribution in [1.82, 2.24) is 15.2 Å². The van der Waals surface area contributed by atoms with Crippen molar-refractivity contribution in [2.75, 3.05) is 37.7 Å². The van der Waals surface area contributed by atoms with E-state index in [4.69, 9.17) is 4.42 Å². The van der Waals surface area contributed by atoms with Crippen molar-refractivity contribution in [3.8, 4) is 11.3 Å². The van der Waals surface area contributed by atoms with Crippen LogP contribution in [0.25, 0.3) is 32.5 Å². The zero-order valence-electron chi connectivity index (χ0n) is 24.1. The summed E-state index contributed by atoms with van der Waals surface area (Å²) in [5, 5.41) is 3.42. The molecule has 0 radical (unpaired) electrons. The molecule has 3 aromatic carbocycles. The Balaban J connectivity index is 1.45. The third kappa shape index (κ3) is 5.52. The monoisotopic (exact) mass is 640 g/mol. The fourth-order valence-corrected chi connectivity index (χ4v) is 7.12. The van der Waals surface area contributed by atoms with Gasteiger partial charge in [0.05, 0.1) is 21.5 Å². The maximum Gasteiger partial charge on any atom is 0.282 e.